The molecule has 0 radical (unpaired) electrons. The van der Waals surface area contributed by atoms with Gasteiger partial charge in [0.05, 0.1) is 0 Å². The molecule has 0 atom stereocenters. The molecule has 19 heavy (non-hydrogen) atoms. The molecular weight excluding hydrogens is 332 g/mol. The number of pyridine rings is 1. The highest BCUT2D eigenvalue weighted by Crippen LogP contribution is 2.19. The van der Waals surface area contributed by atoms with Crippen molar-refractivity contribution in [2.24, 2.45) is 5.84 Å². The van der Waals surface area contributed by atoms with Crippen molar-refractivity contribution in [3.63, 3.8) is 0 Å². The van der Waals surface area contributed by atoms with E-state index in [1.807, 2.05) is 0 Å². The third-order valence-corrected chi connectivity index (χ3v) is 4.13. The number of rotatable bonds is 4. The van der Waals surface area contributed by atoms with Crippen LogP contribution in [0.1, 0.15) is 0 Å². The van der Waals surface area contributed by atoms with Gasteiger partial charge in [0, 0.05) is 16.4 Å². The summed E-state index contributed by atoms with van der Waals surface area (Å²) >= 11 is 3.28. The lowest BCUT2D eigenvalue weighted by Crippen LogP contribution is -2.14. The Bertz CT molecular complexity index is 673. The van der Waals surface area contributed by atoms with Crippen LogP contribution in [0.5, 0.6) is 0 Å². The van der Waals surface area contributed by atoms with Gasteiger partial charge in [-0.2, -0.15) is 0 Å². The van der Waals surface area contributed by atoms with Crippen LogP contribution in [0.15, 0.2) is 52.0 Å². The number of sulfonamides is 1. The number of benzene rings is 1. The van der Waals surface area contributed by atoms with E-state index in [-0.39, 0.29) is 4.90 Å². The van der Waals surface area contributed by atoms with Crippen LogP contribution in [0.3, 0.4) is 0 Å². The third-order valence-electron chi connectivity index (χ3n) is 2.27. The standard InChI is InChI=1S/C11H11BrN4O2S/c12-8-2-1-3-9(6-8)16-19(17,18)10-4-5-11(15-13)14-7-10/h1-7,16H,13H2,(H,14,15). The van der Waals surface area contributed by atoms with Gasteiger partial charge in [0.25, 0.3) is 10.0 Å². The van der Waals surface area contributed by atoms with Gasteiger partial charge in [0.1, 0.15) is 10.7 Å². The summed E-state index contributed by atoms with van der Waals surface area (Å²) in [7, 11) is -3.66. The number of aromatic nitrogens is 1. The van der Waals surface area contributed by atoms with Crippen molar-refractivity contribution < 1.29 is 8.42 Å². The van der Waals surface area contributed by atoms with Crippen molar-refractivity contribution in [3.8, 4) is 0 Å². The fourth-order valence-corrected chi connectivity index (χ4v) is 2.78. The Balaban J connectivity index is 2.27. The minimum Gasteiger partial charge on any atom is -0.308 e. The normalized spacial score (nSPS) is 11.1. The average Bonchev–Trinajstić information content (AvgIpc) is 2.38. The predicted molar refractivity (Wildman–Crippen MR) is 77.0 cm³/mol. The zero-order valence-corrected chi connectivity index (χ0v) is 12.1. The lowest BCUT2D eigenvalue weighted by Gasteiger charge is -2.08. The molecule has 0 saturated heterocycles. The Morgan fingerprint density at radius 3 is 2.58 bits per heavy atom. The molecule has 0 spiro atoms. The van der Waals surface area contributed by atoms with Gasteiger partial charge >= 0.3 is 0 Å². The van der Waals surface area contributed by atoms with Crippen molar-refractivity contribution in [2.45, 2.75) is 4.90 Å². The van der Waals surface area contributed by atoms with Crippen molar-refractivity contribution >= 4 is 37.5 Å². The van der Waals surface area contributed by atoms with Gasteiger partial charge in [-0.3, -0.25) is 4.72 Å². The maximum Gasteiger partial charge on any atom is 0.263 e. The molecule has 0 amide bonds. The van der Waals surface area contributed by atoms with Gasteiger partial charge in [-0.25, -0.2) is 19.2 Å². The molecule has 1 aromatic heterocycles. The summed E-state index contributed by atoms with van der Waals surface area (Å²) in [5, 5.41) is 0. The first-order chi connectivity index (χ1) is 9.01. The summed E-state index contributed by atoms with van der Waals surface area (Å²) in [6.07, 6.45) is 1.23. The summed E-state index contributed by atoms with van der Waals surface area (Å²) in [6.45, 7) is 0. The van der Waals surface area contributed by atoms with Crippen LogP contribution in [0.2, 0.25) is 0 Å². The van der Waals surface area contributed by atoms with Crippen molar-refractivity contribution in [3.05, 3.63) is 47.1 Å². The molecule has 6 nitrogen and oxygen atoms in total. The number of halogens is 1. The molecule has 0 fully saturated rings. The lowest BCUT2D eigenvalue weighted by molar-refractivity contribution is 0.601. The van der Waals surface area contributed by atoms with Gasteiger partial charge in [-0.05, 0) is 30.3 Å². The Morgan fingerprint density at radius 2 is 2.00 bits per heavy atom. The van der Waals surface area contributed by atoms with Gasteiger partial charge in [0.15, 0.2) is 0 Å². The van der Waals surface area contributed by atoms with Crippen LogP contribution < -0.4 is 16.0 Å². The quantitative estimate of drug-likeness (QED) is 0.582. The second-order valence-electron chi connectivity index (χ2n) is 3.64. The number of hydrogen-bond donors (Lipinski definition) is 3. The van der Waals surface area contributed by atoms with E-state index in [0.29, 0.717) is 11.5 Å². The molecule has 2 aromatic rings. The molecule has 2 rings (SSSR count). The molecule has 0 saturated carbocycles. The van der Waals surface area contributed by atoms with E-state index >= 15 is 0 Å². The highest BCUT2D eigenvalue weighted by atomic mass is 79.9. The molecule has 100 valence electrons. The first-order valence-electron chi connectivity index (χ1n) is 5.22. The SMILES string of the molecule is NNc1ccc(S(=O)(=O)Nc2cccc(Br)c2)cn1. The number of nitrogens with one attached hydrogen (secondary N) is 2. The van der Waals surface area contributed by atoms with E-state index in [2.05, 4.69) is 31.1 Å². The Kier molecular flexibility index (Phi) is 4.03. The smallest absolute Gasteiger partial charge is 0.263 e. The number of anilines is 2. The van der Waals surface area contributed by atoms with Gasteiger partial charge in [-0.15, -0.1) is 0 Å². The molecule has 0 aliphatic heterocycles. The number of hydrogen-bond acceptors (Lipinski definition) is 5. The molecule has 0 unspecified atom stereocenters. The summed E-state index contributed by atoms with van der Waals surface area (Å²) in [5.41, 5.74) is 2.80. The Labute approximate surface area is 119 Å². The van der Waals surface area contributed by atoms with E-state index in [9.17, 15) is 8.42 Å². The maximum atomic E-state index is 12.1. The second kappa shape index (κ2) is 5.55. The van der Waals surface area contributed by atoms with Crippen LogP contribution >= 0.6 is 15.9 Å². The zero-order chi connectivity index (χ0) is 13.9. The van der Waals surface area contributed by atoms with Crippen LogP contribution in [-0.4, -0.2) is 13.4 Å². The topological polar surface area (TPSA) is 97.1 Å². The highest BCUT2D eigenvalue weighted by Gasteiger charge is 2.14. The van der Waals surface area contributed by atoms with Crippen molar-refractivity contribution in [2.75, 3.05) is 10.1 Å². The van der Waals surface area contributed by atoms with Crippen LogP contribution in [0.25, 0.3) is 0 Å². The van der Waals surface area contributed by atoms with Crippen LogP contribution in [0, 0.1) is 0 Å². The number of hydrazine groups is 1. The monoisotopic (exact) mass is 342 g/mol. The fourth-order valence-electron chi connectivity index (χ4n) is 1.39. The van der Waals surface area contributed by atoms with Gasteiger partial charge in [0.2, 0.25) is 0 Å². The molecule has 4 N–H and O–H groups in total. The minimum absolute atomic E-state index is 0.0616. The molecular formula is C11H11BrN4O2S. The molecule has 0 bridgehead atoms. The fraction of sp³-hybridized carbons (Fsp3) is 0. The van der Waals surface area contributed by atoms with E-state index in [1.165, 1.54) is 18.3 Å². The van der Waals surface area contributed by atoms with Crippen LogP contribution in [0.4, 0.5) is 11.5 Å². The van der Waals surface area contributed by atoms with Crippen LogP contribution in [-0.2, 0) is 10.0 Å². The Morgan fingerprint density at radius 1 is 1.21 bits per heavy atom. The van der Waals surface area contributed by atoms with E-state index < -0.39 is 10.0 Å². The largest absolute Gasteiger partial charge is 0.308 e. The Hall–Kier alpha value is -1.64. The number of nitrogens with two attached hydrogens (primary N) is 1. The average molecular weight is 343 g/mol. The van der Waals surface area contributed by atoms with Crippen molar-refractivity contribution in [1.29, 1.82) is 0 Å². The summed E-state index contributed by atoms with van der Waals surface area (Å²) in [4.78, 5) is 3.92. The van der Waals surface area contributed by atoms with E-state index in [4.69, 9.17) is 5.84 Å². The van der Waals surface area contributed by atoms with Gasteiger partial charge in [-0.1, -0.05) is 22.0 Å². The van der Waals surface area contributed by atoms with Gasteiger partial charge < -0.3 is 5.43 Å². The van der Waals surface area contributed by atoms with E-state index in [0.717, 1.165) is 4.47 Å². The predicted octanol–water partition coefficient (Wildman–Crippen LogP) is 1.93. The molecule has 8 heteroatoms. The summed E-state index contributed by atoms with van der Waals surface area (Å²) in [5.74, 6) is 5.56. The maximum absolute atomic E-state index is 12.1. The zero-order valence-electron chi connectivity index (χ0n) is 9.67. The molecule has 0 aliphatic rings. The minimum atomic E-state index is -3.66. The lowest BCUT2D eigenvalue weighted by atomic mass is 10.3. The summed E-state index contributed by atoms with van der Waals surface area (Å²) < 4.78 is 27.4. The number of nitrogen functional groups attached to an aromatic ring is 1. The number of nitrogens with zero attached hydrogens (tertiary/aromatic N) is 1. The highest BCUT2D eigenvalue weighted by molar-refractivity contribution is 9.10. The van der Waals surface area contributed by atoms with Crippen molar-refractivity contribution in [1.82, 2.24) is 4.98 Å². The molecule has 1 aromatic carbocycles. The molecule has 1 heterocycles. The molecule has 0 aliphatic carbocycles. The third kappa shape index (κ3) is 3.43. The second-order valence-corrected chi connectivity index (χ2v) is 6.24. The summed E-state index contributed by atoms with van der Waals surface area (Å²) in [6, 6.07) is 9.77. The van der Waals surface area contributed by atoms with E-state index in [1.54, 1.807) is 24.3 Å². The first-order valence-corrected chi connectivity index (χ1v) is 7.50. The first kappa shape index (κ1) is 13.8.